The van der Waals surface area contributed by atoms with Crippen molar-refractivity contribution in [3.63, 3.8) is 0 Å². The van der Waals surface area contributed by atoms with Crippen molar-refractivity contribution in [2.24, 2.45) is 17.8 Å². The molecule has 6 nitrogen and oxygen atoms in total. The van der Waals surface area contributed by atoms with Crippen molar-refractivity contribution < 1.29 is 10.2 Å². The van der Waals surface area contributed by atoms with Crippen molar-refractivity contribution in [1.29, 1.82) is 0 Å². The molecular formula is C34H52N4O2. The minimum Gasteiger partial charge on any atom is -0.368 e. The van der Waals surface area contributed by atoms with Gasteiger partial charge in [-0.3, -0.25) is 4.90 Å². The Balaban J connectivity index is 1.08. The summed E-state index contributed by atoms with van der Waals surface area (Å²) in [4.78, 5) is 10.8. The van der Waals surface area contributed by atoms with Gasteiger partial charge < -0.3 is 19.7 Å². The smallest absolute Gasteiger partial charge is 0.152 e. The molecule has 0 radical (unpaired) electrons. The second-order valence-corrected chi connectivity index (χ2v) is 14.3. The van der Waals surface area contributed by atoms with Crippen molar-refractivity contribution >= 4 is 11.0 Å². The Morgan fingerprint density at radius 3 is 2.15 bits per heavy atom. The van der Waals surface area contributed by atoms with Gasteiger partial charge in [-0.25, -0.2) is 4.98 Å². The molecule has 2 N–H and O–H groups in total. The molecule has 0 unspecified atom stereocenters. The molecule has 5 aliphatic rings. The van der Waals surface area contributed by atoms with Gasteiger partial charge >= 0.3 is 0 Å². The summed E-state index contributed by atoms with van der Waals surface area (Å²) in [5.74, 6) is 3.98. The van der Waals surface area contributed by atoms with Gasteiger partial charge in [-0.15, -0.1) is 0 Å². The highest BCUT2D eigenvalue weighted by Gasteiger charge is 2.45. The first-order valence-electron chi connectivity index (χ1n) is 16.9. The molecule has 1 aromatic carbocycles. The topological polar surface area (TPSA) is 64.8 Å². The summed E-state index contributed by atoms with van der Waals surface area (Å²) >= 11 is 0. The first kappa shape index (κ1) is 27.4. The van der Waals surface area contributed by atoms with Gasteiger partial charge in [-0.1, -0.05) is 44.2 Å². The SMILES string of the molecule is OC(O)CCN1CCC(Cc2nc3ccccc3n2[C@H]2C[C@H]3CCC[C@@H](C2)N3[C@@H]2C[C@@H]3CCCC[C@@H](C3)C2)CC1. The molecule has 5 fully saturated rings. The van der Waals surface area contributed by atoms with Crippen LogP contribution in [0.4, 0.5) is 0 Å². The van der Waals surface area contributed by atoms with Crippen molar-refractivity contribution in [3.8, 4) is 0 Å². The highest BCUT2D eigenvalue weighted by Crippen LogP contribution is 2.47. The number of aromatic nitrogens is 2. The number of benzene rings is 1. The van der Waals surface area contributed by atoms with Crippen LogP contribution in [0.25, 0.3) is 11.0 Å². The van der Waals surface area contributed by atoms with Gasteiger partial charge in [0, 0.05) is 43.6 Å². The highest BCUT2D eigenvalue weighted by molar-refractivity contribution is 5.76. The molecule has 0 spiro atoms. The number of nitrogens with zero attached hydrogens (tertiary/aromatic N) is 4. The average molecular weight is 549 g/mol. The Morgan fingerprint density at radius 2 is 1.45 bits per heavy atom. The van der Waals surface area contributed by atoms with Crippen molar-refractivity contribution in [2.75, 3.05) is 19.6 Å². The molecule has 0 amide bonds. The Labute approximate surface area is 241 Å². The molecule has 1 aromatic heterocycles. The summed E-state index contributed by atoms with van der Waals surface area (Å²) in [6.07, 6.45) is 19.9. The summed E-state index contributed by atoms with van der Waals surface area (Å²) < 4.78 is 2.72. The molecule has 4 bridgehead atoms. The molecular weight excluding hydrogens is 496 g/mol. The van der Waals surface area contributed by atoms with Crippen LogP contribution in [0.5, 0.6) is 0 Å². The van der Waals surface area contributed by atoms with E-state index in [4.69, 9.17) is 4.98 Å². The van der Waals surface area contributed by atoms with E-state index in [9.17, 15) is 10.2 Å². The summed E-state index contributed by atoms with van der Waals surface area (Å²) in [5.41, 5.74) is 2.53. The molecule has 3 aliphatic heterocycles. The molecule has 2 saturated carbocycles. The third kappa shape index (κ3) is 5.75. The van der Waals surface area contributed by atoms with E-state index in [1.165, 1.54) is 107 Å². The average Bonchev–Trinajstić information content (AvgIpc) is 3.22. The van der Waals surface area contributed by atoms with E-state index < -0.39 is 6.29 Å². The zero-order valence-electron chi connectivity index (χ0n) is 24.5. The maximum absolute atomic E-state index is 9.27. The fraction of sp³-hybridized carbons (Fsp3) is 0.794. The van der Waals surface area contributed by atoms with Crippen LogP contribution in [0, 0.1) is 17.8 Å². The van der Waals surface area contributed by atoms with E-state index in [1.54, 1.807) is 0 Å². The number of hydrogen-bond donors (Lipinski definition) is 2. The Bertz CT molecular complexity index is 1100. The maximum atomic E-state index is 9.27. The standard InChI is InChI=1S/C34H52N4O2/c39-34(40)14-17-36-15-12-24(13-16-36)21-33-35-31-10-3-4-11-32(31)38(33)30-22-27-8-5-9-28(23-30)37(27)29-19-25-6-1-2-7-26(18-25)20-29/h3-4,10-11,24-30,34,39-40H,1-2,5-9,12-23H2/t25-,26+,27-,28+,29-,30+. The molecule has 7 rings (SSSR count). The lowest BCUT2D eigenvalue weighted by molar-refractivity contribution is -0.0515. The molecule has 4 heterocycles. The van der Waals surface area contributed by atoms with Crippen LogP contribution in [-0.2, 0) is 6.42 Å². The number of imidazole rings is 1. The molecule has 3 saturated heterocycles. The van der Waals surface area contributed by atoms with Crippen LogP contribution < -0.4 is 0 Å². The van der Waals surface area contributed by atoms with Gasteiger partial charge in [0.1, 0.15) is 5.82 Å². The van der Waals surface area contributed by atoms with Crippen LogP contribution in [-0.4, -0.2) is 73.6 Å². The first-order valence-corrected chi connectivity index (χ1v) is 16.9. The van der Waals surface area contributed by atoms with Gasteiger partial charge in [-0.2, -0.15) is 0 Å². The number of piperidine rings is 3. The van der Waals surface area contributed by atoms with Crippen LogP contribution in [0.15, 0.2) is 24.3 Å². The number of rotatable bonds is 7. The lowest BCUT2D eigenvalue weighted by Crippen LogP contribution is -2.58. The van der Waals surface area contributed by atoms with Crippen molar-refractivity contribution in [2.45, 2.75) is 133 Å². The normalized spacial score (nSPS) is 34.4. The molecule has 6 atom stereocenters. The largest absolute Gasteiger partial charge is 0.368 e. The van der Waals surface area contributed by atoms with Gasteiger partial charge in [0.2, 0.25) is 0 Å². The summed E-state index contributed by atoms with van der Waals surface area (Å²) in [7, 11) is 0. The fourth-order valence-corrected chi connectivity index (χ4v) is 9.92. The van der Waals surface area contributed by atoms with Gasteiger partial charge in [0.05, 0.1) is 11.0 Å². The number of hydrogen-bond acceptors (Lipinski definition) is 5. The predicted octanol–water partition coefficient (Wildman–Crippen LogP) is 5.91. The lowest BCUT2D eigenvalue weighted by Gasteiger charge is -2.54. The molecule has 40 heavy (non-hydrogen) atoms. The zero-order chi connectivity index (χ0) is 27.1. The number of para-hydroxylation sites is 2. The number of aliphatic hydroxyl groups excluding tert-OH is 1. The highest BCUT2D eigenvalue weighted by atomic mass is 16.5. The van der Waals surface area contributed by atoms with Crippen LogP contribution >= 0.6 is 0 Å². The summed E-state index contributed by atoms with van der Waals surface area (Å²) in [6.45, 7) is 2.90. The lowest BCUT2D eigenvalue weighted by atomic mass is 9.73. The molecule has 2 aliphatic carbocycles. The van der Waals surface area contributed by atoms with Gasteiger partial charge in [-0.05, 0) is 101 Å². The van der Waals surface area contributed by atoms with E-state index in [-0.39, 0.29) is 0 Å². The van der Waals surface area contributed by atoms with E-state index in [2.05, 4.69) is 38.6 Å². The molecule has 220 valence electrons. The third-order valence-electron chi connectivity index (χ3n) is 11.7. The van der Waals surface area contributed by atoms with E-state index in [0.717, 1.165) is 56.0 Å². The molecule has 2 aromatic rings. The Morgan fingerprint density at radius 1 is 0.750 bits per heavy atom. The first-order chi connectivity index (χ1) is 19.6. The number of aliphatic hydroxyl groups is 2. The van der Waals surface area contributed by atoms with Crippen molar-refractivity contribution in [3.05, 3.63) is 30.1 Å². The fourth-order valence-electron chi connectivity index (χ4n) is 9.92. The van der Waals surface area contributed by atoms with Crippen LogP contribution in [0.3, 0.4) is 0 Å². The summed E-state index contributed by atoms with van der Waals surface area (Å²) in [5, 5.41) is 18.5. The van der Waals surface area contributed by atoms with Crippen molar-refractivity contribution in [1.82, 2.24) is 19.4 Å². The van der Waals surface area contributed by atoms with Crippen LogP contribution in [0.2, 0.25) is 0 Å². The maximum Gasteiger partial charge on any atom is 0.152 e. The van der Waals surface area contributed by atoms with Gasteiger partial charge in [0.15, 0.2) is 6.29 Å². The quantitative estimate of drug-likeness (QED) is 0.421. The van der Waals surface area contributed by atoms with Gasteiger partial charge in [0.25, 0.3) is 0 Å². The van der Waals surface area contributed by atoms with E-state index in [1.807, 2.05) is 0 Å². The van der Waals surface area contributed by atoms with Crippen LogP contribution in [0.1, 0.15) is 108 Å². The Hall–Kier alpha value is -1.47. The minimum absolute atomic E-state index is 0.448. The zero-order valence-corrected chi connectivity index (χ0v) is 24.5. The number of likely N-dealkylation sites (tertiary alicyclic amines) is 1. The van der Waals surface area contributed by atoms with E-state index in [0.29, 0.717) is 18.4 Å². The Kier molecular flexibility index (Phi) is 8.23. The number of fused-ring (bicyclic) bond motifs is 5. The molecule has 6 heteroatoms. The predicted molar refractivity (Wildman–Crippen MR) is 160 cm³/mol. The monoisotopic (exact) mass is 548 g/mol. The van der Waals surface area contributed by atoms with E-state index >= 15 is 0 Å². The second-order valence-electron chi connectivity index (χ2n) is 14.3. The second kappa shape index (κ2) is 12.0. The minimum atomic E-state index is -1.19. The third-order valence-corrected chi connectivity index (χ3v) is 11.7. The summed E-state index contributed by atoms with van der Waals surface area (Å²) in [6, 6.07) is 11.8.